The molecule has 25 heavy (non-hydrogen) atoms. The Morgan fingerprint density at radius 1 is 1.40 bits per heavy atom. The molecule has 2 aromatic rings. The molecule has 0 aliphatic carbocycles. The van der Waals surface area contributed by atoms with Crippen LogP contribution in [0, 0.1) is 0 Å². The Balaban J connectivity index is 0.00000225. The number of carbonyl (C=O) groups excluding carboxylic acids is 1. The van der Waals surface area contributed by atoms with E-state index in [0.717, 1.165) is 5.56 Å². The highest BCUT2D eigenvalue weighted by Gasteiger charge is 2.31. The van der Waals surface area contributed by atoms with Crippen molar-refractivity contribution in [3.63, 3.8) is 0 Å². The Bertz CT molecular complexity index is 825. The maximum Gasteiger partial charge on any atom is 0.290 e. The van der Waals surface area contributed by atoms with Crippen molar-refractivity contribution in [1.29, 1.82) is 0 Å². The van der Waals surface area contributed by atoms with Crippen LogP contribution in [0.2, 0.25) is 0 Å². The number of carbonyl (C=O) groups is 1. The third-order valence-electron chi connectivity index (χ3n) is 3.90. The van der Waals surface area contributed by atoms with Crippen LogP contribution in [0.25, 0.3) is 0 Å². The third kappa shape index (κ3) is 4.01. The number of halogens is 1. The third-order valence-corrected chi connectivity index (χ3v) is 5.19. The molecule has 1 aliphatic heterocycles. The van der Waals surface area contributed by atoms with Gasteiger partial charge in [-0.25, -0.2) is 13.1 Å². The fraction of sp³-hybridized carbons (Fsp3) is 0.333. The number of piperazine rings is 1. The van der Waals surface area contributed by atoms with Crippen molar-refractivity contribution >= 4 is 28.3 Å². The Morgan fingerprint density at radius 3 is 2.88 bits per heavy atom. The van der Waals surface area contributed by atoms with Crippen LogP contribution in [0.1, 0.15) is 22.2 Å². The fourth-order valence-electron chi connectivity index (χ4n) is 2.64. The minimum atomic E-state index is -3.72. The van der Waals surface area contributed by atoms with E-state index in [4.69, 9.17) is 4.42 Å². The van der Waals surface area contributed by atoms with Gasteiger partial charge in [0.1, 0.15) is 0 Å². The molecule has 10 heteroatoms. The van der Waals surface area contributed by atoms with Gasteiger partial charge in [-0.1, -0.05) is 6.07 Å². The van der Waals surface area contributed by atoms with Crippen LogP contribution in [-0.2, 0) is 10.0 Å². The smallest absolute Gasteiger partial charge is 0.290 e. The van der Waals surface area contributed by atoms with E-state index in [9.17, 15) is 13.2 Å². The average Bonchev–Trinajstić information content (AvgIpc) is 3.13. The maximum atomic E-state index is 12.8. The molecule has 1 fully saturated rings. The quantitative estimate of drug-likeness (QED) is 0.805. The molecule has 0 aromatic carbocycles. The molecule has 0 bridgehead atoms. The number of aromatic nitrogens is 1. The Kier molecular flexibility index (Phi) is 6.17. The van der Waals surface area contributed by atoms with Crippen LogP contribution in [-0.4, -0.2) is 50.9 Å². The van der Waals surface area contributed by atoms with E-state index in [1.54, 1.807) is 17.3 Å². The van der Waals surface area contributed by atoms with Crippen LogP contribution in [0.15, 0.2) is 46.2 Å². The van der Waals surface area contributed by atoms with Crippen molar-refractivity contribution in [2.75, 3.05) is 26.7 Å². The summed E-state index contributed by atoms with van der Waals surface area (Å²) in [7, 11) is -2.43. The van der Waals surface area contributed by atoms with Crippen LogP contribution in [0.4, 0.5) is 0 Å². The van der Waals surface area contributed by atoms with Crippen molar-refractivity contribution in [3.05, 3.63) is 48.0 Å². The highest BCUT2D eigenvalue weighted by molar-refractivity contribution is 7.89. The van der Waals surface area contributed by atoms with Crippen molar-refractivity contribution in [2.24, 2.45) is 0 Å². The lowest BCUT2D eigenvalue weighted by atomic mass is 10.1. The van der Waals surface area contributed by atoms with Crippen molar-refractivity contribution in [1.82, 2.24) is 19.9 Å². The number of furan rings is 1. The van der Waals surface area contributed by atoms with Crippen LogP contribution < -0.4 is 10.0 Å². The first-order valence-electron chi connectivity index (χ1n) is 7.48. The van der Waals surface area contributed by atoms with Gasteiger partial charge in [0, 0.05) is 32.0 Å². The largest absolute Gasteiger partial charge is 0.438 e. The molecule has 1 aliphatic rings. The second-order valence-electron chi connectivity index (χ2n) is 5.33. The zero-order valence-electron chi connectivity index (χ0n) is 13.5. The summed E-state index contributed by atoms with van der Waals surface area (Å²) in [6, 6.07) is 6.20. The number of amides is 1. The summed E-state index contributed by atoms with van der Waals surface area (Å²) >= 11 is 0. The zero-order valence-corrected chi connectivity index (χ0v) is 15.1. The second-order valence-corrected chi connectivity index (χ2v) is 7.15. The van der Waals surface area contributed by atoms with E-state index < -0.39 is 10.0 Å². The molecule has 0 spiro atoms. The number of nitrogens with zero attached hydrogens (tertiary/aromatic N) is 2. The number of pyridine rings is 1. The Morgan fingerprint density at radius 2 is 2.20 bits per heavy atom. The number of sulfonamides is 1. The molecule has 1 atom stereocenters. The molecule has 8 nitrogen and oxygen atoms in total. The summed E-state index contributed by atoms with van der Waals surface area (Å²) in [4.78, 5) is 18.5. The van der Waals surface area contributed by atoms with Gasteiger partial charge < -0.3 is 14.6 Å². The van der Waals surface area contributed by atoms with Gasteiger partial charge in [0.2, 0.25) is 5.09 Å². The molecule has 3 heterocycles. The summed E-state index contributed by atoms with van der Waals surface area (Å²) in [6.07, 6.45) is 3.39. The summed E-state index contributed by atoms with van der Waals surface area (Å²) in [5.74, 6) is -0.345. The summed E-state index contributed by atoms with van der Waals surface area (Å²) < 4.78 is 30.9. The van der Waals surface area contributed by atoms with Gasteiger partial charge in [-0.3, -0.25) is 9.78 Å². The molecule has 1 unspecified atom stereocenters. The summed E-state index contributed by atoms with van der Waals surface area (Å²) in [6.45, 7) is 1.75. The van der Waals surface area contributed by atoms with Gasteiger partial charge in [0.15, 0.2) is 5.76 Å². The number of hydrogen-bond donors (Lipinski definition) is 2. The highest BCUT2D eigenvalue weighted by Crippen LogP contribution is 2.24. The zero-order chi connectivity index (χ0) is 17.2. The molecule has 2 N–H and O–H groups in total. The first-order chi connectivity index (χ1) is 11.5. The predicted octanol–water partition coefficient (Wildman–Crippen LogP) is 0.791. The molecule has 1 saturated heterocycles. The van der Waals surface area contributed by atoms with Crippen molar-refractivity contribution in [2.45, 2.75) is 11.1 Å². The van der Waals surface area contributed by atoms with E-state index in [2.05, 4.69) is 15.0 Å². The van der Waals surface area contributed by atoms with Gasteiger partial charge >= 0.3 is 0 Å². The average molecular weight is 387 g/mol. The Labute approximate surface area is 152 Å². The normalized spacial score (nSPS) is 17.8. The number of hydrogen-bond acceptors (Lipinski definition) is 6. The topological polar surface area (TPSA) is 105 Å². The molecule has 0 saturated carbocycles. The fourth-order valence-corrected chi connectivity index (χ4v) is 3.29. The second kappa shape index (κ2) is 7.96. The summed E-state index contributed by atoms with van der Waals surface area (Å²) in [5, 5.41) is 2.97. The monoisotopic (exact) mass is 386 g/mol. The molecule has 0 radical (unpaired) electrons. The van der Waals surface area contributed by atoms with Crippen LogP contribution in [0.5, 0.6) is 0 Å². The minimum absolute atomic E-state index is 0. The van der Waals surface area contributed by atoms with Crippen molar-refractivity contribution < 1.29 is 17.6 Å². The summed E-state index contributed by atoms with van der Waals surface area (Å²) in [5.41, 5.74) is 0.910. The molecule has 3 rings (SSSR count). The lowest BCUT2D eigenvalue weighted by Gasteiger charge is -2.35. The SMILES string of the molecule is CNS(=O)(=O)c1ccc(C(=O)N2CCNCC2c2cccnc2)o1.Cl. The van der Waals surface area contributed by atoms with E-state index in [1.807, 2.05) is 12.1 Å². The van der Waals surface area contributed by atoms with E-state index >= 15 is 0 Å². The first-order valence-corrected chi connectivity index (χ1v) is 8.96. The van der Waals surface area contributed by atoms with E-state index in [1.165, 1.54) is 19.2 Å². The van der Waals surface area contributed by atoms with Gasteiger partial charge in [0.25, 0.3) is 15.9 Å². The van der Waals surface area contributed by atoms with E-state index in [-0.39, 0.29) is 35.2 Å². The number of nitrogens with one attached hydrogen (secondary N) is 2. The first kappa shape index (κ1) is 19.4. The van der Waals surface area contributed by atoms with Gasteiger partial charge in [0.05, 0.1) is 6.04 Å². The lowest BCUT2D eigenvalue weighted by Crippen LogP contribution is -2.48. The van der Waals surface area contributed by atoms with E-state index in [0.29, 0.717) is 19.6 Å². The van der Waals surface area contributed by atoms with Gasteiger partial charge in [-0.15, -0.1) is 12.4 Å². The maximum absolute atomic E-state index is 12.8. The standard InChI is InChI=1S/C15H18N4O4S.ClH/c1-16-24(21,22)14-5-4-13(23-14)15(20)19-8-7-18-10-12(19)11-3-2-6-17-9-11;/h2-6,9,12,16,18H,7-8,10H2,1H3;1H. The Hall–Kier alpha value is -1.94. The molecule has 2 aromatic heterocycles. The van der Waals surface area contributed by atoms with Crippen molar-refractivity contribution in [3.8, 4) is 0 Å². The minimum Gasteiger partial charge on any atom is -0.438 e. The van der Waals surface area contributed by atoms with Gasteiger partial charge in [-0.2, -0.15) is 0 Å². The van der Waals surface area contributed by atoms with Crippen LogP contribution >= 0.6 is 12.4 Å². The molecule has 136 valence electrons. The van der Waals surface area contributed by atoms with Gasteiger partial charge in [-0.05, 0) is 30.8 Å². The molecular weight excluding hydrogens is 368 g/mol. The molecular formula is C15H19ClN4O4S. The van der Waals surface area contributed by atoms with Crippen LogP contribution in [0.3, 0.4) is 0 Å². The highest BCUT2D eigenvalue weighted by atomic mass is 35.5. The lowest BCUT2D eigenvalue weighted by molar-refractivity contribution is 0.0595. The number of rotatable bonds is 4. The predicted molar refractivity (Wildman–Crippen MR) is 93.1 cm³/mol. The molecule has 1 amide bonds.